The molecule has 0 bridgehead atoms. The summed E-state index contributed by atoms with van der Waals surface area (Å²) in [5, 5.41) is 2.55. The summed E-state index contributed by atoms with van der Waals surface area (Å²) in [6.45, 7) is 11.9. The molecule has 0 radical (unpaired) electrons. The molecule has 0 unspecified atom stereocenters. The number of carbonyl (C=O) groups is 1. The van der Waals surface area contributed by atoms with E-state index in [0.29, 0.717) is 6.42 Å². The van der Waals surface area contributed by atoms with Crippen LogP contribution in [0, 0.1) is 0 Å². The van der Waals surface area contributed by atoms with Crippen LogP contribution in [-0.2, 0) is 10.9 Å². The molecule has 0 saturated carbocycles. The number of hydrogen-bond donors (Lipinski definition) is 1. The number of nitrogens with one attached hydrogen (secondary N) is 1. The minimum atomic E-state index is -4.58. The highest BCUT2D eigenvalue weighted by Gasteiger charge is 2.36. The summed E-state index contributed by atoms with van der Waals surface area (Å²) >= 11 is 0. The molecule has 1 amide bonds. The molecule has 0 spiro atoms. The van der Waals surface area contributed by atoms with Gasteiger partial charge in [0.2, 0.25) is 0 Å². The van der Waals surface area contributed by atoms with Crippen molar-refractivity contribution in [1.82, 2.24) is 5.32 Å². The molecular formula is C19H26F3NO3. The second kappa shape index (κ2) is 8.47. The highest BCUT2D eigenvalue weighted by atomic mass is 19.4. The third kappa shape index (κ3) is 6.61. The van der Waals surface area contributed by atoms with Crippen molar-refractivity contribution >= 4 is 6.09 Å². The molecular weight excluding hydrogens is 347 g/mol. The molecule has 4 nitrogen and oxygen atoms in total. The quantitative estimate of drug-likeness (QED) is 0.657. The molecule has 1 aromatic rings. The van der Waals surface area contributed by atoms with Crippen LogP contribution in [0.4, 0.5) is 18.0 Å². The van der Waals surface area contributed by atoms with E-state index in [1.807, 2.05) is 0 Å². The van der Waals surface area contributed by atoms with Gasteiger partial charge in [-0.05, 0) is 40.7 Å². The molecule has 7 heteroatoms. The fourth-order valence-corrected chi connectivity index (χ4v) is 2.30. The maximum absolute atomic E-state index is 13.4. The Morgan fingerprint density at radius 3 is 2.38 bits per heavy atom. The summed E-state index contributed by atoms with van der Waals surface area (Å²) in [7, 11) is 0. The Labute approximate surface area is 152 Å². The summed E-state index contributed by atoms with van der Waals surface area (Å²) in [4.78, 5) is 12.0. The number of carbonyl (C=O) groups excluding carboxylic acids is 1. The number of para-hydroxylation sites is 1. The highest BCUT2D eigenvalue weighted by molar-refractivity contribution is 5.68. The molecule has 0 aromatic heterocycles. The van der Waals surface area contributed by atoms with E-state index in [1.165, 1.54) is 12.1 Å². The van der Waals surface area contributed by atoms with Crippen molar-refractivity contribution in [2.75, 3.05) is 0 Å². The van der Waals surface area contributed by atoms with Gasteiger partial charge in [0.1, 0.15) is 11.4 Å². The topological polar surface area (TPSA) is 47.6 Å². The van der Waals surface area contributed by atoms with E-state index in [9.17, 15) is 18.0 Å². The van der Waals surface area contributed by atoms with Crippen LogP contribution in [0.25, 0.3) is 0 Å². The molecule has 1 N–H and O–H groups in total. The van der Waals surface area contributed by atoms with Crippen molar-refractivity contribution in [2.45, 2.75) is 65.0 Å². The van der Waals surface area contributed by atoms with Crippen molar-refractivity contribution in [2.24, 2.45) is 0 Å². The van der Waals surface area contributed by atoms with E-state index in [0.717, 1.165) is 6.07 Å². The summed E-state index contributed by atoms with van der Waals surface area (Å²) in [5.74, 6) is -0.294. The van der Waals surface area contributed by atoms with Gasteiger partial charge in [-0.1, -0.05) is 18.2 Å². The predicted molar refractivity (Wildman–Crippen MR) is 94.1 cm³/mol. The zero-order valence-corrected chi connectivity index (χ0v) is 15.7. The van der Waals surface area contributed by atoms with Gasteiger partial charge in [-0.2, -0.15) is 13.2 Å². The lowest BCUT2D eigenvalue weighted by Gasteiger charge is -2.25. The van der Waals surface area contributed by atoms with E-state index < -0.39 is 35.6 Å². The first-order valence-electron chi connectivity index (χ1n) is 8.32. The van der Waals surface area contributed by atoms with Gasteiger partial charge in [0.25, 0.3) is 0 Å². The number of ether oxygens (including phenoxy) is 2. The van der Waals surface area contributed by atoms with Gasteiger partial charge in [0, 0.05) is 12.0 Å². The molecule has 146 valence electrons. The van der Waals surface area contributed by atoms with Crippen LogP contribution in [0.15, 0.2) is 30.9 Å². The standard InChI is InChI=1S/C19H26F3NO3/c1-7-9-12(2)25-16-14(10-8-11-15(16)19(20,21)22)13(3)23-17(24)26-18(4,5)6/h7-8,10-13H,1,9H2,2-6H3,(H,23,24)/t12-,13+/m0/s1. The molecule has 0 fully saturated rings. The van der Waals surface area contributed by atoms with Gasteiger partial charge in [-0.15, -0.1) is 6.58 Å². The average molecular weight is 373 g/mol. The maximum Gasteiger partial charge on any atom is 0.419 e. The summed E-state index contributed by atoms with van der Waals surface area (Å²) in [5.41, 5.74) is -1.37. The van der Waals surface area contributed by atoms with Gasteiger partial charge >= 0.3 is 12.3 Å². The lowest BCUT2D eigenvalue weighted by atomic mass is 10.0. The SMILES string of the molecule is C=CC[C@H](C)Oc1c([C@@H](C)NC(=O)OC(C)(C)C)cccc1C(F)(F)F. The van der Waals surface area contributed by atoms with E-state index in [4.69, 9.17) is 9.47 Å². The van der Waals surface area contributed by atoms with E-state index >= 15 is 0 Å². The predicted octanol–water partition coefficient (Wildman–Crippen LogP) is 5.63. The highest BCUT2D eigenvalue weighted by Crippen LogP contribution is 2.40. The monoisotopic (exact) mass is 373 g/mol. The first kappa shape index (κ1) is 21.9. The first-order chi connectivity index (χ1) is 11.8. The van der Waals surface area contributed by atoms with Crippen LogP contribution in [-0.4, -0.2) is 17.8 Å². The Kier molecular flexibility index (Phi) is 7.12. The summed E-state index contributed by atoms with van der Waals surface area (Å²) in [6.07, 6.45) is -3.83. The number of hydrogen-bond acceptors (Lipinski definition) is 3. The number of alkyl carbamates (subject to hydrolysis) is 1. The van der Waals surface area contributed by atoms with Gasteiger partial charge in [-0.25, -0.2) is 4.79 Å². The summed E-state index contributed by atoms with van der Waals surface area (Å²) in [6, 6.07) is 3.00. The second-order valence-corrected chi connectivity index (χ2v) is 7.04. The zero-order valence-electron chi connectivity index (χ0n) is 15.7. The van der Waals surface area contributed by atoms with Gasteiger partial charge in [0.05, 0.1) is 17.7 Å². The number of halogens is 3. The third-order valence-electron chi connectivity index (χ3n) is 3.37. The van der Waals surface area contributed by atoms with Crippen LogP contribution in [0.5, 0.6) is 5.75 Å². The number of benzene rings is 1. The minimum absolute atomic E-state index is 0.224. The molecule has 0 saturated heterocycles. The van der Waals surface area contributed by atoms with E-state index in [1.54, 1.807) is 40.7 Å². The van der Waals surface area contributed by atoms with E-state index in [-0.39, 0.29) is 11.3 Å². The van der Waals surface area contributed by atoms with Crippen LogP contribution < -0.4 is 10.1 Å². The van der Waals surface area contributed by atoms with Gasteiger partial charge in [0.15, 0.2) is 0 Å². The smallest absolute Gasteiger partial charge is 0.419 e. The Morgan fingerprint density at radius 1 is 1.27 bits per heavy atom. The lowest BCUT2D eigenvalue weighted by Crippen LogP contribution is -2.34. The van der Waals surface area contributed by atoms with Crippen LogP contribution in [0.1, 0.15) is 58.2 Å². The molecule has 1 rings (SSSR count). The van der Waals surface area contributed by atoms with Crippen LogP contribution >= 0.6 is 0 Å². The Bertz CT molecular complexity index is 636. The third-order valence-corrected chi connectivity index (χ3v) is 3.37. The Morgan fingerprint density at radius 2 is 1.88 bits per heavy atom. The fourth-order valence-electron chi connectivity index (χ4n) is 2.30. The molecule has 0 aliphatic heterocycles. The Balaban J connectivity index is 3.19. The Hall–Kier alpha value is -2.18. The van der Waals surface area contributed by atoms with Crippen molar-refractivity contribution in [3.63, 3.8) is 0 Å². The second-order valence-electron chi connectivity index (χ2n) is 7.04. The van der Waals surface area contributed by atoms with Crippen molar-refractivity contribution in [1.29, 1.82) is 0 Å². The van der Waals surface area contributed by atoms with Crippen LogP contribution in [0.3, 0.4) is 0 Å². The molecule has 0 heterocycles. The molecule has 0 aliphatic rings. The summed E-state index contributed by atoms with van der Waals surface area (Å²) < 4.78 is 50.9. The number of amides is 1. The molecule has 1 aromatic carbocycles. The normalized spacial score (nSPS) is 14.3. The number of rotatable bonds is 6. The van der Waals surface area contributed by atoms with Crippen molar-refractivity contribution in [3.05, 3.63) is 42.0 Å². The van der Waals surface area contributed by atoms with Crippen molar-refractivity contribution < 1.29 is 27.4 Å². The average Bonchev–Trinajstić information content (AvgIpc) is 2.44. The van der Waals surface area contributed by atoms with Crippen molar-refractivity contribution in [3.8, 4) is 5.75 Å². The zero-order chi connectivity index (χ0) is 20.1. The first-order valence-corrected chi connectivity index (χ1v) is 8.32. The number of alkyl halides is 3. The minimum Gasteiger partial charge on any atom is -0.489 e. The maximum atomic E-state index is 13.4. The lowest BCUT2D eigenvalue weighted by molar-refractivity contribution is -0.139. The van der Waals surface area contributed by atoms with Crippen LogP contribution in [0.2, 0.25) is 0 Å². The fraction of sp³-hybridized carbons (Fsp3) is 0.526. The molecule has 26 heavy (non-hydrogen) atoms. The molecule has 0 aliphatic carbocycles. The van der Waals surface area contributed by atoms with E-state index in [2.05, 4.69) is 11.9 Å². The van der Waals surface area contributed by atoms with Gasteiger partial charge < -0.3 is 14.8 Å². The molecule has 2 atom stereocenters. The largest absolute Gasteiger partial charge is 0.489 e. The van der Waals surface area contributed by atoms with Gasteiger partial charge in [-0.3, -0.25) is 0 Å².